The van der Waals surface area contributed by atoms with Gasteiger partial charge in [0.15, 0.2) is 0 Å². The minimum absolute atomic E-state index is 0.0119. The van der Waals surface area contributed by atoms with Crippen molar-refractivity contribution in [1.82, 2.24) is 9.88 Å². The van der Waals surface area contributed by atoms with Crippen LogP contribution in [0.4, 0.5) is 0 Å². The Morgan fingerprint density at radius 1 is 1.29 bits per heavy atom. The molecular formula is C18H16N2O4. The monoisotopic (exact) mass is 324 g/mol. The molecule has 2 aromatic heterocycles. The number of nitrogens with zero attached hydrogens (tertiary/aromatic N) is 2. The van der Waals surface area contributed by atoms with Gasteiger partial charge >= 0.3 is 5.63 Å². The van der Waals surface area contributed by atoms with Crippen molar-refractivity contribution in [2.75, 3.05) is 14.2 Å². The van der Waals surface area contributed by atoms with Crippen LogP contribution in [0.3, 0.4) is 0 Å². The molecule has 0 aliphatic rings. The molecule has 3 rings (SSSR count). The summed E-state index contributed by atoms with van der Waals surface area (Å²) in [4.78, 5) is 30.2. The highest BCUT2D eigenvalue weighted by Gasteiger charge is 2.18. The number of pyridine rings is 1. The van der Waals surface area contributed by atoms with E-state index in [4.69, 9.17) is 9.15 Å². The molecule has 1 aromatic carbocycles. The van der Waals surface area contributed by atoms with Crippen molar-refractivity contribution < 1.29 is 13.9 Å². The molecule has 0 spiro atoms. The van der Waals surface area contributed by atoms with Gasteiger partial charge in [-0.05, 0) is 35.9 Å². The van der Waals surface area contributed by atoms with E-state index in [1.807, 2.05) is 6.07 Å². The molecule has 0 aliphatic carbocycles. The summed E-state index contributed by atoms with van der Waals surface area (Å²) in [6.07, 6.45) is 3.34. The Morgan fingerprint density at radius 2 is 2.12 bits per heavy atom. The molecule has 0 radical (unpaired) electrons. The first-order valence-electron chi connectivity index (χ1n) is 7.35. The zero-order valence-corrected chi connectivity index (χ0v) is 13.4. The maximum Gasteiger partial charge on any atom is 0.349 e. The van der Waals surface area contributed by atoms with E-state index in [9.17, 15) is 9.59 Å². The summed E-state index contributed by atoms with van der Waals surface area (Å²) in [5, 5.41) is 0.632. The van der Waals surface area contributed by atoms with Gasteiger partial charge in [0.05, 0.1) is 7.11 Å². The van der Waals surface area contributed by atoms with Crippen LogP contribution in [-0.4, -0.2) is 29.9 Å². The Morgan fingerprint density at radius 3 is 2.83 bits per heavy atom. The Kier molecular flexibility index (Phi) is 4.29. The van der Waals surface area contributed by atoms with Gasteiger partial charge in [0.2, 0.25) is 0 Å². The van der Waals surface area contributed by atoms with Gasteiger partial charge in [-0.2, -0.15) is 0 Å². The minimum atomic E-state index is -0.657. The van der Waals surface area contributed by atoms with Crippen LogP contribution in [0.2, 0.25) is 0 Å². The van der Waals surface area contributed by atoms with Crippen LogP contribution < -0.4 is 10.4 Å². The quantitative estimate of drug-likeness (QED) is 0.689. The summed E-state index contributed by atoms with van der Waals surface area (Å²) < 4.78 is 10.4. The maximum atomic E-state index is 12.6. The van der Waals surface area contributed by atoms with Crippen LogP contribution in [0.5, 0.6) is 5.75 Å². The Bertz CT molecular complexity index is 935. The third kappa shape index (κ3) is 3.12. The van der Waals surface area contributed by atoms with E-state index in [-0.39, 0.29) is 5.56 Å². The molecule has 6 heteroatoms. The third-order valence-electron chi connectivity index (χ3n) is 3.66. The highest BCUT2D eigenvalue weighted by Crippen LogP contribution is 2.20. The lowest BCUT2D eigenvalue weighted by Crippen LogP contribution is -2.30. The summed E-state index contributed by atoms with van der Waals surface area (Å²) in [5.41, 5.74) is 0.616. The van der Waals surface area contributed by atoms with E-state index >= 15 is 0 Å². The molecule has 2 heterocycles. The predicted molar refractivity (Wildman–Crippen MR) is 89.1 cm³/mol. The number of benzene rings is 1. The van der Waals surface area contributed by atoms with Crippen LogP contribution in [0.25, 0.3) is 11.0 Å². The number of rotatable bonds is 4. The molecule has 1 amide bonds. The van der Waals surface area contributed by atoms with E-state index in [2.05, 4.69) is 4.98 Å². The standard InChI is InChI=1S/C18H16N2O4/c1-20(11-12-4-3-7-19-10-12)17(21)15-9-13-8-14(23-2)5-6-16(13)24-18(15)22/h3-10H,11H2,1-2H3. The Labute approximate surface area is 138 Å². The van der Waals surface area contributed by atoms with Gasteiger partial charge in [-0.1, -0.05) is 6.07 Å². The summed E-state index contributed by atoms with van der Waals surface area (Å²) in [6.45, 7) is 0.349. The Balaban J connectivity index is 1.93. The zero-order chi connectivity index (χ0) is 17.1. The fraction of sp³-hybridized carbons (Fsp3) is 0.167. The average molecular weight is 324 g/mol. The number of fused-ring (bicyclic) bond motifs is 1. The SMILES string of the molecule is COc1ccc2oc(=O)c(C(=O)N(C)Cc3cccnc3)cc2c1. The highest BCUT2D eigenvalue weighted by atomic mass is 16.5. The smallest absolute Gasteiger partial charge is 0.349 e. The molecule has 0 saturated heterocycles. The van der Waals surface area contributed by atoms with Crippen LogP contribution in [0, 0.1) is 0 Å². The number of hydrogen-bond donors (Lipinski definition) is 0. The second-order valence-electron chi connectivity index (χ2n) is 5.37. The molecule has 0 unspecified atom stereocenters. The summed E-state index contributed by atoms with van der Waals surface area (Å²) in [6, 6.07) is 10.3. The average Bonchev–Trinajstić information content (AvgIpc) is 2.61. The van der Waals surface area contributed by atoms with Crippen LogP contribution in [-0.2, 0) is 6.54 Å². The molecule has 3 aromatic rings. The zero-order valence-electron chi connectivity index (χ0n) is 13.4. The first-order valence-corrected chi connectivity index (χ1v) is 7.35. The van der Waals surface area contributed by atoms with Crippen LogP contribution >= 0.6 is 0 Å². The van der Waals surface area contributed by atoms with Gasteiger partial charge in [0.25, 0.3) is 5.91 Å². The molecule has 0 N–H and O–H groups in total. The molecule has 24 heavy (non-hydrogen) atoms. The number of hydrogen-bond acceptors (Lipinski definition) is 5. The number of ether oxygens (including phenoxy) is 1. The van der Waals surface area contributed by atoms with E-state index in [1.54, 1.807) is 50.8 Å². The number of carbonyl (C=O) groups is 1. The number of carbonyl (C=O) groups excluding carboxylic acids is 1. The number of methoxy groups -OCH3 is 1. The highest BCUT2D eigenvalue weighted by molar-refractivity contribution is 5.96. The lowest BCUT2D eigenvalue weighted by molar-refractivity contribution is 0.0781. The van der Waals surface area contributed by atoms with E-state index in [1.165, 1.54) is 11.0 Å². The molecular weight excluding hydrogens is 308 g/mol. The molecule has 0 fully saturated rings. The van der Waals surface area contributed by atoms with Crippen molar-refractivity contribution in [2.45, 2.75) is 6.54 Å². The van der Waals surface area contributed by atoms with Crippen molar-refractivity contribution in [2.24, 2.45) is 0 Å². The fourth-order valence-electron chi connectivity index (χ4n) is 2.42. The number of amides is 1. The lowest BCUT2D eigenvalue weighted by atomic mass is 10.1. The summed E-state index contributed by atoms with van der Waals surface area (Å²) in [7, 11) is 3.18. The van der Waals surface area contributed by atoms with Gasteiger partial charge in [-0.25, -0.2) is 4.79 Å². The molecule has 0 aliphatic heterocycles. The van der Waals surface area contributed by atoms with Crippen LogP contribution in [0.15, 0.2) is 58.0 Å². The number of aromatic nitrogens is 1. The van der Waals surface area contributed by atoms with Gasteiger partial charge in [-0.15, -0.1) is 0 Å². The van der Waals surface area contributed by atoms with E-state index in [0.29, 0.717) is 23.3 Å². The topological polar surface area (TPSA) is 72.6 Å². The normalized spacial score (nSPS) is 10.6. The summed E-state index contributed by atoms with van der Waals surface area (Å²) in [5.74, 6) is 0.218. The molecule has 122 valence electrons. The third-order valence-corrected chi connectivity index (χ3v) is 3.66. The first-order chi connectivity index (χ1) is 11.6. The largest absolute Gasteiger partial charge is 0.497 e. The van der Waals surface area contributed by atoms with Crippen molar-refractivity contribution in [1.29, 1.82) is 0 Å². The van der Waals surface area contributed by atoms with Crippen molar-refractivity contribution in [3.8, 4) is 5.75 Å². The summed E-state index contributed by atoms with van der Waals surface area (Å²) >= 11 is 0. The van der Waals surface area contributed by atoms with Crippen molar-refractivity contribution >= 4 is 16.9 Å². The second kappa shape index (κ2) is 6.54. The van der Waals surface area contributed by atoms with Gasteiger partial charge in [0.1, 0.15) is 16.9 Å². The van der Waals surface area contributed by atoms with Gasteiger partial charge < -0.3 is 14.1 Å². The molecule has 0 saturated carbocycles. The maximum absolute atomic E-state index is 12.6. The fourth-order valence-corrected chi connectivity index (χ4v) is 2.42. The van der Waals surface area contributed by atoms with Crippen molar-refractivity contribution in [3.05, 3.63) is 70.3 Å². The molecule has 6 nitrogen and oxygen atoms in total. The minimum Gasteiger partial charge on any atom is -0.497 e. The second-order valence-corrected chi connectivity index (χ2v) is 5.37. The molecule has 0 atom stereocenters. The van der Waals surface area contributed by atoms with E-state index < -0.39 is 11.5 Å². The van der Waals surface area contributed by atoms with E-state index in [0.717, 1.165) is 5.56 Å². The first kappa shape index (κ1) is 15.7. The van der Waals surface area contributed by atoms with Gasteiger partial charge in [-0.3, -0.25) is 9.78 Å². The molecule has 0 bridgehead atoms. The van der Waals surface area contributed by atoms with Crippen molar-refractivity contribution in [3.63, 3.8) is 0 Å². The van der Waals surface area contributed by atoms with Crippen LogP contribution in [0.1, 0.15) is 15.9 Å². The lowest BCUT2D eigenvalue weighted by Gasteiger charge is -2.16. The predicted octanol–water partition coefficient (Wildman–Crippen LogP) is 2.47. The van der Waals surface area contributed by atoms with Gasteiger partial charge in [0, 0.05) is 31.4 Å². The Hall–Kier alpha value is -3.15.